The topological polar surface area (TPSA) is 71.8 Å². The number of hydrogen-bond acceptors (Lipinski definition) is 4. The summed E-state index contributed by atoms with van der Waals surface area (Å²) >= 11 is 1.55. The molecule has 2 amide bonds. The summed E-state index contributed by atoms with van der Waals surface area (Å²) in [6, 6.07) is -0.290. The van der Waals surface area contributed by atoms with E-state index in [1.165, 1.54) is 0 Å². The summed E-state index contributed by atoms with van der Waals surface area (Å²) in [5, 5.41) is 10.4. The average molecular weight is 335 g/mol. The van der Waals surface area contributed by atoms with Crippen LogP contribution in [0.4, 0.5) is 4.79 Å². The van der Waals surface area contributed by atoms with Crippen molar-refractivity contribution in [1.82, 2.24) is 25.4 Å². The molecule has 2 aromatic heterocycles. The fraction of sp³-hybridized carbons (Fsp3) is 0.562. The summed E-state index contributed by atoms with van der Waals surface area (Å²) < 4.78 is 1.94. The second-order valence-corrected chi connectivity index (χ2v) is 7.63. The number of nitrogens with zero attached hydrogens (tertiary/aromatic N) is 3. The molecule has 0 aliphatic heterocycles. The Bertz CT molecular complexity index is 683. The van der Waals surface area contributed by atoms with Crippen LogP contribution in [0, 0.1) is 13.8 Å². The molecule has 2 heterocycles. The molecule has 2 N–H and O–H groups in total. The predicted molar refractivity (Wildman–Crippen MR) is 92.6 cm³/mol. The molecule has 7 heteroatoms. The molecular weight excluding hydrogens is 310 g/mol. The zero-order valence-electron chi connectivity index (χ0n) is 14.6. The molecule has 1 unspecified atom stereocenters. The Kier molecular flexibility index (Phi) is 5.09. The van der Waals surface area contributed by atoms with Gasteiger partial charge in [-0.3, -0.25) is 4.68 Å². The van der Waals surface area contributed by atoms with Gasteiger partial charge in [-0.1, -0.05) is 0 Å². The molecule has 0 aliphatic carbocycles. The maximum absolute atomic E-state index is 12.1. The number of hydrogen-bond donors (Lipinski definition) is 2. The van der Waals surface area contributed by atoms with Crippen LogP contribution < -0.4 is 10.6 Å². The molecule has 1 atom stereocenters. The SMILES string of the molecule is Cc1nn(C(C)(C)C)cc1C(C)NC(=O)NCc1scnc1C. The van der Waals surface area contributed by atoms with Crippen molar-refractivity contribution in [3.63, 3.8) is 0 Å². The first kappa shape index (κ1) is 17.5. The number of urea groups is 1. The Hall–Kier alpha value is -1.89. The average Bonchev–Trinajstić information content (AvgIpc) is 3.02. The Morgan fingerprint density at radius 2 is 2.04 bits per heavy atom. The van der Waals surface area contributed by atoms with Gasteiger partial charge in [-0.05, 0) is 41.5 Å². The van der Waals surface area contributed by atoms with Gasteiger partial charge < -0.3 is 10.6 Å². The zero-order chi connectivity index (χ0) is 17.2. The van der Waals surface area contributed by atoms with Crippen molar-refractivity contribution in [1.29, 1.82) is 0 Å². The number of carbonyl (C=O) groups is 1. The first-order valence-corrected chi connectivity index (χ1v) is 8.56. The molecule has 23 heavy (non-hydrogen) atoms. The molecule has 0 saturated heterocycles. The van der Waals surface area contributed by atoms with Gasteiger partial charge >= 0.3 is 6.03 Å². The first-order valence-electron chi connectivity index (χ1n) is 7.68. The number of thiazole rings is 1. The molecule has 0 spiro atoms. The summed E-state index contributed by atoms with van der Waals surface area (Å²) in [4.78, 5) is 17.3. The highest BCUT2D eigenvalue weighted by molar-refractivity contribution is 7.09. The fourth-order valence-corrected chi connectivity index (χ4v) is 2.94. The number of rotatable bonds is 4. The fourth-order valence-electron chi connectivity index (χ4n) is 2.22. The predicted octanol–water partition coefficient (Wildman–Crippen LogP) is 3.27. The van der Waals surface area contributed by atoms with Crippen molar-refractivity contribution in [2.75, 3.05) is 0 Å². The minimum Gasteiger partial charge on any atom is -0.333 e. The van der Waals surface area contributed by atoms with Crippen LogP contribution in [-0.4, -0.2) is 20.8 Å². The second kappa shape index (κ2) is 6.70. The van der Waals surface area contributed by atoms with Crippen molar-refractivity contribution >= 4 is 17.4 Å². The van der Waals surface area contributed by atoms with Crippen LogP contribution in [0.5, 0.6) is 0 Å². The van der Waals surface area contributed by atoms with E-state index < -0.39 is 0 Å². The highest BCUT2D eigenvalue weighted by atomic mass is 32.1. The molecule has 6 nitrogen and oxygen atoms in total. The summed E-state index contributed by atoms with van der Waals surface area (Å²) in [6.07, 6.45) is 2.01. The van der Waals surface area contributed by atoms with Crippen LogP contribution in [-0.2, 0) is 12.1 Å². The highest BCUT2D eigenvalue weighted by Gasteiger charge is 2.20. The van der Waals surface area contributed by atoms with Crippen LogP contribution in [0.25, 0.3) is 0 Å². The van der Waals surface area contributed by atoms with E-state index in [1.807, 2.05) is 31.6 Å². The normalized spacial score (nSPS) is 13.0. The lowest BCUT2D eigenvalue weighted by atomic mass is 10.1. The van der Waals surface area contributed by atoms with Crippen molar-refractivity contribution in [3.8, 4) is 0 Å². The number of carbonyl (C=O) groups excluding carboxylic acids is 1. The maximum atomic E-state index is 12.1. The van der Waals surface area contributed by atoms with Crippen molar-refractivity contribution in [2.24, 2.45) is 0 Å². The molecule has 126 valence electrons. The Balaban J connectivity index is 1.96. The lowest BCUT2D eigenvalue weighted by Gasteiger charge is -2.19. The van der Waals surface area contributed by atoms with Gasteiger partial charge in [0.05, 0.1) is 35.0 Å². The van der Waals surface area contributed by atoms with Gasteiger partial charge in [0.25, 0.3) is 0 Å². The minimum atomic E-state index is -0.187. The van der Waals surface area contributed by atoms with Gasteiger partial charge in [0.1, 0.15) is 0 Å². The zero-order valence-corrected chi connectivity index (χ0v) is 15.4. The molecule has 0 aromatic carbocycles. The van der Waals surface area contributed by atoms with Crippen LogP contribution in [0.2, 0.25) is 0 Å². The summed E-state index contributed by atoms with van der Waals surface area (Å²) in [5.74, 6) is 0. The van der Waals surface area contributed by atoms with E-state index in [2.05, 4.69) is 41.5 Å². The van der Waals surface area contributed by atoms with E-state index in [9.17, 15) is 4.79 Å². The largest absolute Gasteiger partial charge is 0.333 e. The van der Waals surface area contributed by atoms with Gasteiger partial charge in [0, 0.05) is 16.6 Å². The molecule has 0 fully saturated rings. The molecule has 0 radical (unpaired) electrons. The van der Waals surface area contributed by atoms with Crippen LogP contribution in [0.15, 0.2) is 11.7 Å². The molecule has 2 aromatic rings. The molecular formula is C16H25N5OS. The van der Waals surface area contributed by atoms with E-state index in [1.54, 1.807) is 16.8 Å². The van der Waals surface area contributed by atoms with Gasteiger partial charge in [-0.25, -0.2) is 9.78 Å². The second-order valence-electron chi connectivity index (χ2n) is 6.69. The number of aromatic nitrogens is 3. The standard InChI is InChI=1S/C16H25N5OS/c1-10(13-8-21(16(4,5)6)20-11(13)2)19-15(22)17-7-14-12(3)18-9-23-14/h8-10H,7H2,1-6H3,(H2,17,19,22). The molecule has 0 saturated carbocycles. The van der Waals surface area contributed by atoms with Gasteiger partial charge in [-0.15, -0.1) is 11.3 Å². The van der Waals surface area contributed by atoms with Crippen molar-refractivity contribution < 1.29 is 4.79 Å². The quantitative estimate of drug-likeness (QED) is 0.901. The highest BCUT2D eigenvalue weighted by Crippen LogP contribution is 2.21. The first-order chi connectivity index (χ1) is 10.7. The molecule has 0 aliphatic rings. The molecule has 0 bridgehead atoms. The number of amides is 2. The van der Waals surface area contributed by atoms with E-state index in [4.69, 9.17) is 0 Å². The number of aryl methyl sites for hydroxylation is 2. The van der Waals surface area contributed by atoms with Crippen LogP contribution >= 0.6 is 11.3 Å². The summed E-state index contributed by atoms with van der Waals surface area (Å²) in [6.45, 7) is 12.7. The summed E-state index contributed by atoms with van der Waals surface area (Å²) in [5.41, 5.74) is 4.65. The summed E-state index contributed by atoms with van der Waals surface area (Å²) in [7, 11) is 0. The van der Waals surface area contributed by atoms with E-state index >= 15 is 0 Å². The molecule has 2 rings (SSSR count). The van der Waals surface area contributed by atoms with Crippen molar-refractivity contribution in [2.45, 2.75) is 59.7 Å². The van der Waals surface area contributed by atoms with Gasteiger partial charge in [0.15, 0.2) is 0 Å². The lowest BCUT2D eigenvalue weighted by molar-refractivity contribution is 0.237. The van der Waals surface area contributed by atoms with Crippen LogP contribution in [0.3, 0.4) is 0 Å². The Morgan fingerprint density at radius 3 is 2.57 bits per heavy atom. The van der Waals surface area contributed by atoms with Crippen molar-refractivity contribution in [3.05, 3.63) is 33.5 Å². The third-order valence-electron chi connectivity index (χ3n) is 3.69. The third-order valence-corrected chi connectivity index (χ3v) is 4.63. The van der Waals surface area contributed by atoms with Crippen LogP contribution in [0.1, 0.15) is 55.6 Å². The van der Waals surface area contributed by atoms with E-state index in [-0.39, 0.29) is 17.6 Å². The number of nitrogens with one attached hydrogen (secondary N) is 2. The van der Waals surface area contributed by atoms with Gasteiger partial charge in [-0.2, -0.15) is 5.10 Å². The maximum Gasteiger partial charge on any atom is 0.315 e. The smallest absolute Gasteiger partial charge is 0.315 e. The van der Waals surface area contributed by atoms with Gasteiger partial charge in [0.2, 0.25) is 0 Å². The Labute approximate surface area is 141 Å². The van der Waals surface area contributed by atoms with E-state index in [0.29, 0.717) is 6.54 Å². The third kappa shape index (κ3) is 4.31. The Morgan fingerprint density at radius 1 is 1.35 bits per heavy atom. The lowest BCUT2D eigenvalue weighted by Crippen LogP contribution is -2.36. The monoisotopic (exact) mass is 335 g/mol. The van der Waals surface area contributed by atoms with E-state index in [0.717, 1.165) is 21.8 Å². The minimum absolute atomic E-state index is 0.0747.